The first kappa shape index (κ1) is 29.1. The fourth-order valence-corrected chi connectivity index (χ4v) is 5.01. The van der Waals surface area contributed by atoms with Gasteiger partial charge in [-0.2, -0.15) is 18.4 Å². The van der Waals surface area contributed by atoms with Crippen LogP contribution in [0.15, 0.2) is 30.3 Å². The summed E-state index contributed by atoms with van der Waals surface area (Å²) >= 11 is 0. The van der Waals surface area contributed by atoms with Gasteiger partial charge in [-0.3, -0.25) is 4.79 Å². The van der Waals surface area contributed by atoms with Crippen molar-refractivity contribution in [2.45, 2.75) is 44.3 Å². The lowest BCUT2D eigenvalue weighted by Crippen LogP contribution is -2.44. The number of rotatable bonds is 10. The lowest BCUT2D eigenvalue weighted by Gasteiger charge is -2.33. The fourth-order valence-electron chi connectivity index (χ4n) is 5.01. The number of anilines is 2. The van der Waals surface area contributed by atoms with Crippen LogP contribution in [0.3, 0.4) is 0 Å². The molecule has 2 aliphatic heterocycles. The minimum absolute atomic E-state index is 0.0639. The van der Waals surface area contributed by atoms with Gasteiger partial charge in [-0.15, -0.1) is 0 Å². The van der Waals surface area contributed by atoms with E-state index in [1.165, 1.54) is 6.07 Å². The van der Waals surface area contributed by atoms with Crippen molar-refractivity contribution in [3.8, 4) is 6.07 Å². The van der Waals surface area contributed by atoms with E-state index in [0.717, 1.165) is 5.56 Å². The van der Waals surface area contributed by atoms with E-state index in [1.807, 2.05) is 12.1 Å². The van der Waals surface area contributed by atoms with Crippen molar-refractivity contribution in [3.05, 3.63) is 47.3 Å². The highest BCUT2D eigenvalue weighted by Gasteiger charge is 2.38. The first-order valence-electron chi connectivity index (χ1n) is 13.2. The largest absolute Gasteiger partial charge is 0.480 e. The Morgan fingerprint density at radius 3 is 2.45 bits per heavy atom. The summed E-state index contributed by atoms with van der Waals surface area (Å²) in [7, 11) is 0. The molecule has 1 unspecified atom stereocenters. The van der Waals surface area contributed by atoms with Crippen LogP contribution in [0.1, 0.15) is 42.6 Å². The molecule has 1 atom stereocenters. The quantitative estimate of drug-likeness (QED) is 0.450. The molecule has 2 saturated heterocycles. The Balaban J connectivity index is 1.42. The molecule has 0 radical (unpaired) electrons. The normalized spacial score (nSPS) is 18.0. The third-order valence-electron chi connectivity index (χ3n) is 7.12. The van der Waals surface area contributed by atoms with Gasteiger partial charge in [0.05, 0.1) is 18.2 Å². The number of nitrogens with zero attached hydrogens (tertiary/aromatic N) is 5. The Labute approximate surface area is 229 Å². The van der Waals surface area contributed by atoms with Crippen LogP contribution in [0.5, 0.6) is 0 Å². The molecule has 2 N–H and O–H groups in total. The van der Waals surface area contributed by atoms with Crippen molar-refractivity contribution >= 4 is 23.5 Å². The van der Waals surface area contributed by atoms with Gasteiger partial charge < -0.3 is 25.0 Å². The molecular weight excluding hydrogens is 529 g/mol. The molecule has 0 saturated carbocycles. The summed E-state index contributed by atoms with van der Waals surface area (Å²) < 4.78 is 46.5. The van der Waals surface area contributed by atoms with E-state index in [0.29, 0.717) is 63.8 Å². The minimum atomic E-state index is -4.76. The number of carbonyl (C=O) groups is 2. The van der Waals surface area contributed by atoms with E-state index in [1.54, 1.807) is 21.9 Å². The number of nitriles is 1. The molecule has 10 nitrogen and oxygen atoms in total. The zero-order chi connectivity index (χ0) is 28.7. The summed E-state index contributed by atoms with van der Waals surface area (Å²) in [5.41, 5.74) is 1.50. The van der Waals surface area contributed by atoms with E-state index >= 15 is 0 Å². The highest BCUT2D eigenvalue weighted by Crippen LogP contribution is 2.34. The number of carbonyl (C=O) groups excluding carboxylic acids is 1. The van der Waals surface area contributed by atoms with E-state index in [-0.39, 0.29) is 36.7 Å². The van der Waals surface area contributed by atoms with Gasteiger partial charge in [-0.05, 0) is 55.7 Å². The van der Waals surface area contributed by atoms with Crippen molar-refractivity contribution in [1.29, 1.82) is 5.26 Å². The van der Waals surface area contributed by atoms with Crippen molar-refractivity contribution in [3.63, 3.8) is 0 Å². The Hall–Kier alpha value is -3.92. The SMILES string of the molecule is N#Cc1ccc(CCNC(=O)C2CCCN2c2cc(N3CCC(COCC(=O)O)CC3)nc(C(F)(F)F)n2)cc1. The third kappa shape index (κ3) is 7.59. The van der Waals surface area contributed by atoms with Gasteiger partial charge in [0.25, 0.3) is 0 Å². The highest BCUT2D eigenvalue weighted by molar-refractivity contribution is 5.85. The Kier molecular flexibility index (Phi) is 9.42. The van der Waals surface area contributed by atoms with E-state index < -0.39 is 24.0 Å². The molecule has 1 aromatic carbocycles. The molecule has 40 heavy (non-hydrogen) atoms. The molecule has 0 bridgehead atoms. The van der Waals surface area contributed by atoms with Gasteiger partial charge in [-0.1, -0.05) is 12.1 Å². The number of carboxylic acid groups (broad SMARTS) is 1. The number of alkyl halides is 3. The van der Waals surface area contributed by atoms with Crippen LogP contribution >= 0.6 is 0 Å². The average Bonchev–Trinajstić information content (AvgIpc) is 3.43. The number of nitrogens with one attached hydrogen (secondary N) is 1. The van der Waals surface area contributed by atoms with Crippen LogP contribution < -0.4 is 15.1 Å². The second kappa shape index (κ2) is 13.0. The standard InChI is InChI=1S/C27H31F3N6O4/c28-27(29,30)26-33-22(35-12-8-20(9-13-35)16-40-17-24(37)38)14-23(34-26)36-11-1-2-21(36)25(39)32-10-7-18-3-5-19(15-31)6-4-18/h3-6,14,20-21H,1-2,7-13,16-17H2,(H,32,39)(H,37,38). The van der Waals surface area contributed by atoms with E-state index in [9.17, 15) is 22.8 Å². The van der Waals surface area contributed by atoms with Crippen molar-refractivity contribution in [2.24, 2.45) is 5.92 Å². The van der Waals surface area contributed by atoms with E-state index in [2.05, 4.69) is 21.4 Å². The number of hydrogen-bond donors (Lipinski definition) is 2. The Morgan fingerprint density at radius 1 is 1.10 bits per heavy atom. The van der Waals surface area contributed by atoms with Crippen LogP contribution in [0.2, 0.25) is 0 Å². The summed E-state index contributed by atoms with van der Waals surface area (Å²) in [5.74, 6) is -2.26. The molecule has 2 aliphatic rings. The number of benzene rings is 1. The number of halogens is 3. The second-order valence-corrected chi connectivity index (χ2v) is 9.95. The zero-order valence-electron chi connectivity index (χ0n) is 21.9. The van der Waals surface area contributed by atoms with Crippen LogP contribution in [0, 0.1) is 17.2 Å². The summed E-state index contributed by atoms with van der Waals surface area (Å²) in [5, 5.41) is 20.5. The predicted octanol–water partition coefficient (Wildman–Crippen LogP) is 3.01. The van der Waals surface area contributed by atoms with Crippen LogP contribution in [-0.2, 0) is 26.9 Å². The van der Waals surface area contributed by atoms with Gasteiger partial charge in [0.15, 0.2) is 0 Å². The van der Waals surface area contributed by atoms with E-state index in [4.69, 9.17) is 15.1 Å². The number of amides is 1. The molecule has 0 spiro atoms. The zero-order valence-corrected chi connectivity index (χ0v) is 21.9. The van der Waals surface area contributed by atoms with Gasteiger partial charge in [0, 0.05) is 32.2 Å². The van der Waals surface area contributed by atoms with Crippen molar-refractivity contribution in [2.75, 3.05) is 49.2 Å². The van der Waals surface area contributed by atoms with Crippen molar-refractivity contribution in [1.82, 2.24) is 15.3 Å². The lowest BCUT2D eigenvalue weighted by atomic mass is 9.98. The van der Waals surface area contributed by atoms with Crippen LogP contribution in [0.4, 0.5) is 24.8 Å². The molecule has 0 aliphatic carbocycles. The Morgan fingerprint density at radius 2 is 1.80 bits per heavy atom. The molecular formula is C27H31F3N6O4. The molecule has 1 aromatic heterocycles. The summed E-state index contributed by atoms with van der Waals surface area (Å²) in [6.45, 7) is 1.51. The maximum absolute atomic E-state index is 13.8. The maximum Gasteiger partial charge on any atom is 0.451 e. The summed E-state index contributed by atoms with van der Waals surface area (Å²) in [4.78, 5) is 34.7. The fraction of sp³-hybridized carbons (Fsp3) is 0.519. The minimum Gasteiger partial charge on any atom is -0.480 e. The number of piperidine rings is 1. The second-order valence-electron chi connectivity index (χ2n) is 9.95. The molecule has 4 rings (SSSR count). The first-order valence-corrected chi connectivity index (χ1v) is 13.2. The number of carboxylic acids is 1. The Bertz CT molecular complexity index is 1230. The molecule has 3 heterocycles. The highest BCUT2D eigenvalue weighted by atomic mass is 19.4. The molecule has 214 valence electrons. The average molecular weight is 561 g/mol. The molecule has 13 heteroatoms. The van der Waals surface area contributed by atoms with Crippen molar-refractivity contribution < 1.29 is 32.6 Å². The lowest BCUT2D eigenvalue weighted by molar-refractivity contribution is -0.145. The van der Waals surface area contributed by atoms with Gasteiger partial charge >= 0.3 is 12.1 Å². The number of aliphatic carboxylic acids is 1. The number of hydrogen-bond acceptors (Lipinski definition) is 8. The predicted molar refractivity (Wildman–Crippen MR) is 139 cm³/mol. The monoisotopic (exact) mass is 560 g/mol. The van der Waals surface area contributed by atoms with Gasteiger partial charge in [0.1, 0.15) is 24.3 Å². The van der Waals surface area contributed by atoms with Gasteiger partial charge in [-0.25, -0.2) is 14.8 Å². The number of aromatic nitrogens is 2. The van der Waals surface area contributed by atoms with Crippen LogP contribution in [-0.4, -0.2) is 72.4 Å². The first-order chi connectivity index (χ1) is 19.1. The summed E-state index contributed by atoms with van der Waals surface area (Å²) in [6, 6.07) is 9.96. The molecule has 2 aromatic rings. The summed E-state index contributed by atoms with van der Waals surface area (Å²) in [6.07, 6.45) is -1.84. The molecule has 2 fully saturated rings. The smallest absolute Gasteiger partial charge is 0.451 e. The molecule has 1 amide bonds. The van der Waals surface area contributed by atoms with Gasteiger partial charge in [0.2, 0.25) is 11.7 Å². The maximum atomic E-state index is 13.8. The topological polar surface area (TPSA) is 132 Å². The van der Waals surface area contributed by atoms with Crippen LogP contribution in [0.25, 0.3) is 0 Å². The number of ether oxygens (including phenoxy) is 1. The third-order valence-corrected chi connectivity index (χ3v) is 7.12.